The van der Waals surface area contributed by atoms with Gasteiger partial charge in [-0.3, -0.25) is 9.69 Å². The normalized spacial score (nSPS) is 13.4. The Kier molecular flexibility index (Phi) is 6.49. The molecule has 0 aromatic rings. The van der Waals surface area contributed by atoms with Crippen LogP contribution in [0.15, 0.2) is 0 Å². The molecule has 0 radical (unpaired) electrons. The number of ether oxygens (including phenoxy) is 1. The van der Waals surface area contributed by atoms with E-state index in [4.69, 9.17) is 5.11 Å². The van der Waals surface area contributed by atoms with Crippen LogP contribution in [0.3, 0.4) is 0 Å². The van der Waals surface area contributed by atoms with Crippen LogP contribution >= 0.6 is 0 Å². The first-order chi connectivity index (χ1) is 6.51. The number of aliphatic hydroxyl groups excluding tert-OH is 1. The molecule has 0 bridgehead atoms. The van der Waals surface area contributed by atoms with Crippen molar-refractivity contribution in [3.05, 3.63) is 0 Å². The van der Waals surface area contributed by atoms with Crippen molar-refractivity contribution in [1.82, 2.24) is 4.90 Å². The van der Waals surface area contributed by atoms with Crippen LogP contribution in [0.2, 0.25) is 0 Å². The molecular formula is C10H21NO3. The lowest BCUT2D eigenvalue weighted by Crippen LogP contribution is -2.39. The van der Waals surface area contributed by atoms with Crippen molar-refractivity contribution >= 4 is 5.97 Å². The topological polar surface area (TPSA) is 49.8 Å². The minimum absolute atomic E-state index is 0.143. The lowest BCUT2D eigenvalue weighted by atomic mass is 10.1. The molecule has 0 aliphatic carbocycles. The van der Waals surface area contributed by atoms with Crippen molar-refractivity contribution in [3.8, 4) is 0 Å². The third-order valence-corrected chi connectivity index (χ3v) is 2.15. The van der Waals surface area contributed by atoms with Gasteiger partial charge in [0.2, 0.25) is 0 Å². The van der Waals surface area contributed by atoms with Crippen molar-refractivity contribution in [2.75, 3.05) is 26.8 Å². The molecule has 0 fully saturated rings. The summed E-state index contributed by atoms with van der Waals surface area (Å²) in [7, 11) is 1.39. The lowest BCUT2D eigenvalue weighted by molar-refractivity contribution is -0.142. The second-order valence-corrected chi connectivity index (χ2v) is 3.89. The molecule has 0 aromatic heterocycles. The molecule has 14 heavy (non-hydrogen) atoms. The SMILES string of the molecule is COC(=O)CN(CC(C)CO)C(C)C. The number of methoxy groups -OCH3 is 1. The molecule has 0 heterocycles. The van der Waals surface area contributed by atoms with Gasteiger partial charge in [0.25, 0.3) is 0 Å². The molecule has 0 aromatic carbocycles. The minimum Gasteiger partial charge on any atom is -0.468 e. The Morgan fingerprint density at radius 3 is 2.36 bits per heavy atom. The Morgan fingerprint density at radius 2 is 2.00 bits per heavy atom. The van der Waals surface area contributed by atoms with Gasteiger partial charge in [0.1, 0.15) is 0 Å². The highest BCUT2D eigenvalue weighted by molar-refractivity contribution is 5.71. The Morgan fingerprint density at radius 1 is 1.43 bits per heavy atom. The van der Waals surface area contributed by atoms with Crippen molar-refractivity contribution in [1.29, 1.82) is 0 Å². The third kappa shape index (κ3) is 5.19. The Hall–Kier alpha value is -0.610. The fraction of sp³-hybridized carbons (Fsp3) is 0.900. The molecule has 0 aliphatic heterocycles. The lowest BCUT2D eigenvalue weighted by Gasteiger charge is -2.27. The van der Waals surface area contributed by atoms with E-state index >= 15 is 0 Å². The van der Waals surface area contributed by atoms with Gasteiger partial charge in [0, 0.05) is 19.2 Å². The van der Waals surface area contributed by atoms with Crippen molar-refractivity contribution < 1.29 is 14.6 Å². The highest BCUT2D eigenvalue weighted by Gasteiger charge is 2.16. The summed E-state index contributed by atoms with van der Waals surface area (Å²) in [6.07, 6.45) is 0. The second-order valence-electron chi connectivity index (χ2n) is 3.89. The molecule has 0 rings (SSSR count). The van der Waals surface area contributed by atoms with Gasteiger partial charge in [-0.15, -0.1) is 0 Å². The Bertz CT molecular complexity index is 171. The maximum atomic E-state index is 11.1. The monoisotopic (exact) mass is 203 g/mol. The number of carbonyl (C=O) groups excluding carboxylic acids is 1. The van der Waals surface area contributed by atoms with E-state index in [2.05, 4.69) is 4.74 Å². The molecule has 1 unspecified atom stereocenters. The Balaban J connectivity index is 4.09. The zero-order chi connectivity index (χ0) is 11.1. The number of rotatable bonds is 6. The number of nitrogens with zero attached hydrogens (tertiary/aromatic N) is 1. The molecule has 0 aliphatic rings. The van der Waals surface area contributed by atoms with Crippen molar-refractivity contribution in [3.63, 3.8) is 0 Å². The van der Waals surface area contributed by atoms with E-state index < -0.39 is 0 Å². The molecule has 1 atom stereocenters. The first kappa shape index (κ1) is 13.4. The van der Waals surface area contributed by atoms with Gasteiger partial charge in [0.05, 0.1) is 13.7 Å². The second kappa shape index (κ2) is 6.79. The van der Waals surface area contributed by atoms with E-state index in [1.165, 1.54) is 7.11 Å². The quantitative estimate of drug-likeness (QED) is 0.639. The van der Waals surface area contributed by atoms with Crippen LogP contribution in [0.4, 0.5) is 0 Å². The van der Waals surface area contributed by atoms with Crippen LogP contribution in [0.25, 0.3) is 0 Å². The van der Waals surface area contributed by atoms with Crippen LogP contribution < -0.4 is 0 Å². The van der Waals surface area contributed by atoms with Gasteiger partial charge < -0.3 is 9.84 Å². The van der Waals surface area contributed by atoms with E-state index in [1.54, 1.807) is 0 Å². The summed E-state index contributed by atoms with van der Waals surface area (Å²) in [5, 5.41) is 8.91. The number of hydrogen-bond donors (Lipinski definition) is 1. The zero-order valence-corrected chi connectivity index (χ0v) is 9.49. The number of hydrogen-bond acceptors (Lipinski definition) is 4. The van der Waals surface area contributed by atoms with Crippen LogP contribution in [0, 0.1) is 5.92 Å². The van der Waals surface area contributed by atoms with Gasteiger partial charge in [-0.05, 0) is 19.8 Å². The molecule has 4 nitrogen and oxygen atoms in total. The van der Waals surface area contributed by atoms with Crippen LogP contribution in [0.1, 0.15) is 20.8 Å². The van der Waals surface area contributed by atoms with Gasteiger partial charge in [-0.25, -0.2) is 0 Å². The standard InChI is InChI=1S/C10H21NO3/c1-8(2)11(5-9(3)7-12)6-10(13)14-4/h8-9,12H,5-7H2,1-4H3. The summed E-state index contributed by atoms with van der Waals surface area (Å²) in [5.74, 6) is -0.0501. The van der Waals surface area contributed by atoms with Gasteiger partial charge in [-0.1, -0.05) is 6.92 Å². The van der Waals surface area contributed by atoms with E-state index in [-0.39, 0.29) is 24.5 Å². The molecule has 84 valence electrons. The highest BCUT2D eigenvalue weighted by atomic mass is 16.5. The average Bonchev–Trinajstić information content (AvgIpc) is 2.16. The molecule has 4 heteroatoms. The molecule has 0 spiro atoms. The maximum Gasteiger partial charge on any atom is 0.319 e. The molecule has 0 saturated heterocycles. The number of carbonyl (C=O) groups is 1. The summed E-state index contributed by atoms with van der Waals surface area (Å²) in [6, 6.07) is 0.281. The van der Waals surface area contributed by atoms with E-state index in [9.17, 15) is 4.79 Å². The van der Waals surface area contributed by atoms with Gasteiger partial charge in [-0.2, -0.15) is 0 Å². The molecule has 0 amide bonds. The van der Waals surface area contributed by atoms with Gasteiger partial charge >= 0.3 is 5.97 Å². The first-order valence-electron chi connectivity index (χ1n) is 4.93. The van der Waals surface area contributed by atoms with Crippen molar-refractivity contribution in [2.45, 2.75) is 26.8 Å². The summed E-state index contributed by atoms with van der Waals surface area (Å²) in [4.78, 5) is 13.1. The maximum absolute atomic E-state index is 11.1. The van der Waals surface area contributed by atoms with E-state index in [0.717, 1.165) is 0 Å². The Labute approximate surface area is 85.9 Å². The minimum atomic E-state index is -0.233. The van der Waals surface area contributed by atoms with Crippen LogP contribution in [0.5, 0.6) is 0 Å². The summed E-state index contributed by atoms with van der Waals surface area (Å²) in [5.41, 5.74) is 0. The van der Waals surface area contributed by atoms with Gasteiger partial charge in [0.15, 0.2) is 0 Å². The van der Waals surface area contributed by atoms with Crippen molar-refractivity contribution in [2.24, 2.45) is 5.92 Å². The average molecular weight is 203 g/mol. The summed E-state index contributed by atoms with van der Waals surface area (Å²) >= 11 is 0. The van der Waals surface area contributed by atoms with Crippen LogP contribution in [-0.4, -0.2) is 48.8 Å². The van der Waals surface area contributed by atoms with E-state index in [1.807, 2.05) is 25.7 Å². The van der Waals surface area contributed by atoms with E-state index in [0.29, 0.717) is 13.1 Å². The summed E-state index contributed by atoms with van der Waals surface area (Å²) < 4.78 is 4.60. The number of esters is 1. The first-order valence-corrected chi connectivity index (χ1v) is 4.93. The largest absolute Gasteiger partial charge is 0.468 e. The zero-order valence-electron chi connectivity index (χ0n) is 9.49. The summed E-state index contributed by atoms with van der Waals surface area (Å²) in [6.45, 7) is 7.14. The fourth-order valence-electron chi connectivity index (χ4n) is 1.15. The molecule has 0 saturated carbocycles. The smallest absolute Gasteiger partial charge is 0.319 e. The highest BCUT2D eigenvalue weighted by Crippen LogP contribution is 2.04. The number of aliphatic hydroxyl groups is 1. The van der Waals surface area contributed by atoms with Crippen LogP contribution in [-0.2, 0) is 9.53 Å². The molecule has 1 N–H and O–H groups in total. The fourth-order valence-corrected chi connectivity index (χ4v) is 1.15. The third-order valence-electron chi connectivity index (χ3n) is 2.15. The molecular weight excluding hydrogens is 182 g/mol. The predicted molar refractivity (Wildman–Crippen MR) is 55.0 cm³/mol. The predicted octanol–water partition coefficient (Wildman–Crippen LogP) is 0.498.